The van der Waals surface area contributed by atoms with Crippen molar-refractivity contribution in [1.82, 2.24) is 5.32 Å². The van der Waals surface area contributed by atoms with E-state index in [0.29, 0.717) is 37.2 Å². The van der Waals surface area contributed by atoms with Crippen LogP contribution < -0.4 is 10.2 Å². The highest BCUT2D eigenvalue weighted by molar-refractivity contribution is 5.95. The van der Waals surface area contributed by atoms with E-state index in [0.717, 1.165) is 0 Å². The maximum absolute atomic E-state index is 11.5. The van der Waals surface area contributed by atoms with E-state index in [1.54, 1.807) is 12.1 Å². The Labute approximate surface area is 141 Å². The zero-order valence-corrected chi connectivity index (χ0v) is 14.4. The number of anilines is 1. The fraction of sp³-hybridized carbons (Fsp3) is 0.588. The first-order valence-corrected chi connectivity index (χ1v) is 8.21. The molecule has 0 aromatic heterocycles. The minimum Gasteiger partial charge on any atom is -0.394 e. The number of aliphatic hydroxyl groups excluding tert-OH is 1. The molecule has 0 radical (unpaired) electrons. The molecule has 0 amide bonds. The van der Waals surface area contributed by atoms with Crippen LogP contribution in [0.15, 0.2) is 18.2 Å². The molecule has 1 aliphatic heterocycles. The fourth-order valence-corrected chi connectivity index (χ4v) is 3.29. The predicted molar refractivity (Wildman–Crippen MR) is 92.6 cm³/mol. The van der Waals surface area contributed by atoms with E-state index in [1.807, 2.05) is 18.7 Å². The van der Waals surface area contributed by atoms with Crippen molar-refractivity contribution in [2.45, 2.75) is 45.2 Å². The predicted octanol–water partition coefficient (Wildman–Crippen LogP) is 2.13. The quantitative estimate of drug-likeness (QED) is 0.470. The molecule has 0 unspecified atom stereocenters. The van der Waals surface area contributed by atoms with Crippen LogP contribution in [0.2, 0.25) is 0 Å². The van der Waals surface area contributed by atoms with Crippen molar-refractivity contribution in [1.29, 1.82) is 0 Å². The SMILES string of the molecule is CC(=O)c1ccc(N2CCC(CO)(NC(C)C)CC2)c([N+](=O)[O-])c1. The largest absolute Gasteiger partial charge is 0.394 e. The summed E-state index contributed by atoms with van der Waals surface area (Å²) >= 11 is 0. The van der Waals surface area contributed by atoms with Gasteiger partial charge in [0, 0.05) is 36.3 Å². The highest BCUT2D eigenvalue weighted by atomic mass is 16.6. The number of piperidine rings is 1. The molecule has 1 fully saturated rings. The average Bonchev–Trinajstić information content (AvgIpc) is 2.54. The molecule has 0 spiro atoms. The Morgan fingerprint density at radius 2 is 2.04 bits per heavy atom. The van der Waals surface area contributed by atoms with E-state index in [9.17, 15) is 20.0 Å². The van der Waals surface area contributed by atoms with Gasteiger partial charge in [0.2, 0.25) is 0 Å². The Balaban J connectivity index is 2.22. The normalized spacial score (nSPS) is 17.1. The minimum atomic E-state index is -0.442. The Bertz CT molecular complexity index is 622. The van der Waals surface area contributed by atoms with Crippen LogP contribution in [0.3, 0.4) is 0 Å². The molecule has 1 aliphatic rings. The smallest absolute Gasteiger partial charge is 0.293 e. The zero-order valence-electron chi connectivity index (χ0n) is 14.4. The number of carbonyl (C=O) groups excluding carboxylic acids is 1. The molecule has 0 aliphatic carbocycles. The molecule has 2 rings (SSSR count). The van der Waals surface area contributed by atoms with Gasteiger partial charge in [-0.3, -0.25) is 14.9 Å². The lowest BCUT2D eigenvalue weighted by Crippen LogP contribution is -2.57. The first kappa shape index (κ1) is 18.4. The van der Waals surface area contributed by atoms with Crippen molar-refractivity contribution in [2.24, 2.45) is 0 Å². The monoisotopic (exact) mass is 335 g/mol. The van der Waals surface area contributed by atoms with Gasteiger partial charge in [-0.25, -0.2) is 0 Å². The van der Waals surface area contributed by atoms with Gasteiger partial charge in [-0.15, -0.1) is 0 Å². The molecule has 7 nitrogen and oxygen atoms in total. The number of carbonyl (C=O) groups is 1. The van der Waals surface area contributed by atoms with Gasteiger partial charge in [0.05, 0.1) is 11.5 Å². The lowest BCUT2D eigenvalue weighted by atomic mass is 9.87. The van der Waals surface area contributed by atoms with E-state index >= 15 is 0 Å². The van der Waals surface area contributed by atoms with Crippen molar-refractivity contribution < 1.29 is 14.8 Å². The van der Waals surface area contributed by atoms with Crippen LogP contribution >= 0.6 is 0 Å². The first-order valence-electron chi connectivity index (χ1n) is 8.21. The molecular weight excluding hydrogens is 310 g/mol. The molecule has 0 atom stereocenters. The molecular formula is C17H25N3O4. The Morgan fingerprint density at radius 1 is 1.42 bits per heavy atom. The number of rotatable bonds is 6. The minimum absolute atomic E-state index is 0.0454. The van der Waals surface area contributed by atoms with Gasteiger partial charge in [-0.2, -0.15) is 0 Å². The van der Waals surface area contributed by atoms with Gasteiger partial charge in [0.25, 0.3) is 5.69 Å². The van der Waals surface area contributed by atoms with Crippen molar-refractivity contribution in [3.05, 3.63) is 33.9 Å². The molecule has 132 valence electrons. The maximum Gasteiger partial charge on any atom is 0.293 e. The van der Waals surface area contributed by atoms with Gasteiger partial charge in [0.1, 0.15) is 5.69 Å². The van der Waals surface area contributed by atoms with E-state index in [-0.39, 0.29) is 29.7 Å². The summed E-state index contributed by atoms with van der Waals surface area (Å²) in [5, 5.41) is 24.6. The van der Waals surface area contributed by atoms with Crippen LogP contribution in [0.25, 0.3) is 0 Å². The van der Waals surface area contributed by atoms with Crippen LogP contribution in [0, 0.1) is 10.1 Å². The van der Waals surface area contributed by atoms with Crippen molar-refractivity contribution >= 4 is 17.2 Å². The van der Waals surface area contributed by atoms with Crippen LogP contribution in [-0.4, -0.2) is 47.1 Å². The van der Waals surface area contributed by atoms with E-state index in [1.165, 1.54) is 13.0 Å². The van der Waals surface area contributed by atoms with E-state index in [2.05, 4.69) is 5.32 Å². The topological polar surface area (TPSA) is 95.7 Å². The molecule has 24 heavy (non-hydrogen) atoms. The number of Topliss-reactive ketones (excluding diaryl/α,β-unsaturated/α-hetero) is 1. The Hall–Kier alpha value is -1.99. The molecule has 1 saturated heterocycles. The van der Waals surface area contributed by atoms with Crippen molar-refractivity contribution in [2.75, 3.05) is 24.6 Å². The second-order valence-corrected chi connectivity index (χ2v) is 6.74. The molecule has 1 aromatic rings. The lowest BCUT2D eigenvalue weighted by molar-refractivity contribution is -0.384. The number of hydrogen-bond donors (Lipinski definition) is 2. The summed E-state index contributed by atoms with van der Waals surface area (Å²) in [6, 6.07) is 4.88. The Kier molecular flexibility index (Phi) is 5.56. The maximum atomic E-state index is 11.5. The van der Waals surface area contributed by atoms with Crippen LogP contribution in [0.1, 0.15) is 44.0 Å². The van der Waals surface area contributed by atoms with Crippen LogP contribution in [0.4, 0.5) is 11.4 Å². The van der Waals surface area contributed by atoms with Gasteiger partial charge in [0.15, 0.2) is 5.78 Å². The van der Waals surface area contributed by atoms with Gasteiger partial charge in [-0.1, -0.05) is 13.8 Å². The number of nitrogens with zero attached hydrogens (tertiary/aromatic N) is 2. The van der Waals surface area contributed by atoms with Crippen molar-refractivity contribution in [3.63, 3.8) is 0 Å². The number of ketones is 1. The van der Waals surface area contributed by atoms with Crippen LogP contribution in [-0.2, 0) is 0 Å². The summed E-state index contributed by atoms with van der Waals surface area (Å²) in [5.41, 5.74) is 0.490. The molecule has 0 bridgehead atoms. The summed E-state index contributed by atoms with van der Waals surface area (Å²) < 4.78 is 0. The third-order valence-corrected chi connectivity index (χ3v) is 4.54. The second kappa shape index (κ2) is 7.27. The van der Waals surface area contributed by atoms with Gasteiger partial charge >= 0.3 is 0 Å². The first-order chi connectivity index (χ1) is 11.3. The number of nitrogens with one attached hydrogen (secondary N) is 1. The summed E-state index contributed by atoms with van der Waals surface area (Å²) in [7, 11) is 0. The number of nitro benzene ring substituents is 1. The molecule has 1 aromatic carbocycles. The third-order valence-electron chi connectivity index (χ3n) is 4.54. The molecule has 2 N–H and O–H groups in total. The second-order valence-electron chi connectivity index (χ2n) is 6.74. The molecule has 7 heteroatoms. The Morgan fingerprint density at radius 3 is 2.50 bits per heavy atom. The summed E-state index contributed by atoms with van der Waals surface area (Å²) in [4.78, 5) is 24.4. The number of nitro groups is 1. The fourth-order valence-electron chi connectivity index (χ4n) is 3.29. The number of hydrogen-bond acceptors (Lipinski definition) is 6. The van der Waals surface area contributed by atoms with Gasteiger partial charge in [-0.05, 0) is 31.9 Å². The van der Waals surface area contributed by atoms with E-state index in [4.69, 9.17) is 0 Å². The lowest BCUT2D eigenvalue weighted by Gasteiger charge is -2.43. The number of aliphatic hydroxyl groups is 1. The zero-order chi connectivity index (χ0) is 17.9. The van der Waals surface area contributed by atoms with Crippen molar-refractivity contribution in [3.8, 4) is 0 Å². The molecule has 1 heterocycles. The number of benzene rings is 1. The third kappa shape index (κ3) is 3.91. The summed E-state index contributed by atoms with van der Waals surface area (Å²) in [6.07, 6.45) is 1.40. The molecule has 0 saturated carbocycles. The van der Waals surface area contributed by atoms with Gasteiger partial charge < -0.3 is 15.3 Å². The average molecular weight is 335 g/mol. The summed E-state index contributed by atoms with van der Waals surface area (Å²) in [5.74, 6) is -0.191. The van der Waals surface area contributed by atoms with Crippen LogP contribution in [0.5, 0.6) is 0 Å². The summed E-state index contributed by atoms with van der Waals surface area (Å²) in [6.45, 7) is 6.74. The highest BCUT2D eigenvalue weighted by Gasteiger charge is 2.35. The highest BCUT2D eigenvalue weighted by Crippen LogP contribution is 2.33. The van der Waals surface area contributed by atoms with E-state index < -0.39 is 4.92 Å². The standard InChI is InChI=1S/C17H25N3O4/c1-12(2)18-17(11-21)6-8-19(9-7-17)15-5-4-14(13(3)22)10-16(15)20(23)24/h4-5,10,12,18,21H,6-9,11H2,1-3H3.